The van der Waals surface area contributed by atoms with Crippen LogP contribution in [0.3, 0.4) is 0 Å². The molecular formula is C54H39B2N5Pd2. The number of rotatable bonds is 9. The minimum absolute atomic E-state index is 0. The summed E-state index contributed by atoms with van der Waals surface area (Å²) in [6.07, 6.45) is 7.54. The van der Waals surface area contributed by atoms with Crippen LogP contribution < -0.4 is 32.8 Å². The summed E-state index contributed by atoms with van der Waals surface area (Å²) in [4.78, 5) is 19.4. The number of hydrogen-bond acceptors (Lipinski definition) is 4. The molecule has 0 saturated carbocycles. The number of nitrogens with zero attached hydrogens (tertiary/aromatic N) is 5. The van der Waals surface area contributed by atoms with Gasteiger partial charge in [-0.2, -0.15) is 69.0 Å². The third kappa shape index (κ3) is 8.81. The fourth-order valence-corrected chi connectivity index (χ4v) is 8.25. The van der Waals surface area contributed by atoms with Crippen LogP contribution in [0.4, 0.5) is 0 Å². The Balaban J connectivity index is 0.00000272. The maximum absolute atomic E-state index is 5.05. The van der Waals surface area contributed by atoms with Gasteiger partial charge in [0.05, 0.1) is 0 Å². The van der Waals surface area contributed by atoms with Gasteiger partial charge in [-0.1, -0.05) is 128 Å². The molecule has 5 nitrogen and oxygen atoms in total. The van der Waals surface area contributed by atoms with Crippen molar-refractivity contribution in [1.29, 1.82) is 0 Å². The number of aromatic nitrogens is 5. The van der Waals surface area contributed by atoms with Gasteiger partial charge in [0.25, 0.3) is 0 Å². The predicted molar refractivity (Wildman–Crippen MR) is 252 cm³/mol. The first-order chi connectivity index (χ1) is 29.9. The standard InChI is InChI=1S/C54H39B2N5.2Pd/c1-54(2,3)40-36-59-53(60-37-40)61-51-34-45(55(41-18-6-4-7-19-41)43-22-14-16-38(32-43)49-24-10-12-30-57-49)26-28-47(51)48-29-27-46(35-52(48)61)56(42-20-8-5-9-21-42)44-23-15-17-39(33-44)50-25-11-13-31-58-50;;/h4-31,36-37H,1-3H3;;/q-4;2*+2. The Kier molecular flexibility index (Phi) is 13.0. The van der Waals surface area contributed by atoms with Crippen molar-refractivity contribution in [1.82, 2.24) is 24.5 Å². The van der Waals surface area contributed by atoms with Gasteiger partial charge >= 0.3 is 40.8 Å². The molecule has 0 fully saturated rings. The molecule has 9 heteroatoms. The van der Waals surface area contributed by atoms with E-state index in [4.69, 9.17) is 9.97 Å². The molecule has 0 aliphatic heterocycles. The molecule has 6 aromatic carbocycles. The molecule has 0 unspecified atom stereocenters. The molecule has 0 radical (unpaired) electrons. The van der Waals surface area contributed by atoms with Gasteiger partial charge in [0.15, 0.2) is 13.4 Å². The van der Waals surface area contributed by atoms with Gasteiger partial charge in [-0.05, 0) is 34.5 Å². The van der Waals surface area contributed by atoms with Crippen LogP contribution in [-0.4, -0.2) is 37.9 Å². The van der Waals surface area contributed by atoms with Crippen LogP contribution in [0.15, 0.2) is 183 Å². The van der Waals surface area contributed by atoms with E-state index in [0.29, 0.717) is 5.95 Å². The first-order valence-corrected chi connectivity index (χ1v) is 20.6. The quantitative estimate of drug-likeness (QED) is 0.113. The number of hydrogen-bond donors (Lipinski definition) is 0. The van der Waals surface area contributed by atoms with Crippen LogP contribution in [0, 0.1) is 24.3 Å². The van der Waals surface area contributed by atoms with E-state index in [1.54, 1.807) is 0 Å². The van der Waals surface area contributed by atoms with Crippen molar-refractivity contribution >= 4 is 68.0 Å². The maximum atomic E-state index is 5.05. The average Bonchev–Trinajstić information content (AvgIpc) is 3.63. The zero-order valence-corrected chi connectivity index (χ0v) is 38.0. The summed E-state index contributed by atoms with van der Waals surface area (Å²) in [5.74, 6) is 0.565. The van der Waals surface area contributed by atoms with E-state index in [2.05, 4.69) is 181 Å². The van der Waals surface area contributed by atoms with Crippen molar-refractivity contribution < 1.29 is 40.8 Å². The van der Waals surface area contributed by atoms with Crippen molar-refractivity contribution in [2.24, 2.45) is 0 Å². The van der Waals surface area contributed by atoms with Gasteiger partial charge in [-0.15, -0.1) is 59.7 Å². The van der Waals surface area contributed by atoms with Gasteiger partial charge in [0.1, 0.15) is 0 Å². The second-order valence-electron chi connectivity index (χ2n) is 16.4. The summed E-state index contributed by atoms with van der Waals surface area (Å²) in [5, 5.41) is 2.09. The van der Waals surface area contributed by atoms with Crippen molar-refractivity contribution in [2.75, 3.05) is 0 Å². The van der Waals surface area contributed by atoms with Crippen LogP contribution in [0.1, 0.15) is 26.3 Å². The van der Waals surface area contributed by atoms with Gasteiger partial charge in [0, 0.05) is 24.8 Å². The molecule has 0 amide bonds. The second-order valence-corrected chi connectivity index (χ2v) is 16.4. The smallest absolute Gasteiger partial charge is 0.328 e. The SMILES string of the molecule is CC(C)(C)c1cnc(-n2c3[c-]c(B(c4[c-]c(-c5ccccn5)ccc4)c4ccccc4)ccc3c3ccc(B(c4[c-]c(-c5ccccn5)ccc4)c4ccccc4)[c-]c32)nc1.[Pd+2].[Pd+2]. The molecule has 10 aromatic rings. The summed E-state index contributed by atoms with van der Waals surface area (Å²) in [6, 6.07) is 69.9. The predicted octanol–water partition coefficient (Wildman–Crippen LogP) is 7.22. The molecule has 0 spiro atoms. The van der Waals surface area contributed by atoms with Crippen molar-refractivity contribution in [2.45, 2.75) is 26.2 Å². The Morgan fingerprint density at radius 3 is 1.27 bits per heavy atom. The van der Waals surface area contributed by atoms with Gasteiger partial charge in [-0.3, -0.25) is 0 Å². The largest absolute Gasteiger partial charge is 2.00 e. The van der Waals surface area contributed by atoms with Crippen molar-refractivity contribution in [3.8, 4) is 28.5 Å². The monoisotopic (exact) mass is 991 g/mol. The normalized spacial score (nSPS) is 11.2. The Bertz CT molecular complexity index is 2940. The summed E-state index contributed by atoms with van der Waals surface area (Å²) < 4.78 is 2.14. The summed E-state index contributed by atoms with van der Waals surface area (Å²) in [7, 11) is 0. The molecule has 4 aromatic heterocycles. The van der Waals surface area contributed by atoms with E-state index in [-0.39, 0.29) is 59.7 Å². The number of pyridine rings is 2. The maximum Gasteiger partial charge on any atom is 2.00 e. The Labute approximate surface area is 397 Å². The number of benzene rings is 6. The Hall–Kier alpha value is -6.05. The third-order valence-electron chi connectivity index (χ3n) is 11.4. The van der Waals surface area contributed by atoms with Crippen LogP contribution in [0.25, 0.3) is 50.3 Å². The van der Waals surface area contributed by atoms with Gasteiger partial charge < -0.3 is 14.5 Å². The fourth-order valence-electron chi connectivity index (χ4n) is 8.25. The van der Waals surface area contributed by atoms with Gasteiger partial charge in [0.2, 0.25) is 5.95 Å². The molecule has 306 valence electrons. The Morgan fingerprint density at radius 1 is 0.429 bits per heavy atom. The van der Waals surface area contributed by atoms with Crippen LogP contribution >= 0.6 is 0 Å². The van der Waals surface area contributed by atoms with E-state index < -0.39 is 0 Å². The zero-order chi connectivity index (χ0) is 41.3. The van der Waals surface area contributed by atoms with Crippen molar-refractivity contribution in [3.05, 3.63) is 212 Å². The minimum Gasteiger partial charge on any atom is -0.328 e. The molecule has 0 aliphatic rings. The molecule has 0 N–H and O–H groups in total. The second kappa shape index (κ2) is 18.7. The third-order valence-corrected chi connectivity index (χ3v) is 11.4. The summed E-state index contributed by atoms with van der Waals surface area (Å²) in [6.45, 7) is 6.22. The molecule has 0 atom stereocenters. The molecule has 0 bridgehead atoms. The van der Waals surface area contributed by atoms with Crippen LogP contribution in [-0.2, 0) is 46.3 Å². The molecular weight excluding hydrogens is 953 g/mol. The molecule has 0 aliphatic carbocycles. The molecule has 10 rings (SSSR count). The van der Waals surface area contributed by atoms with E-state index in [1.165, 1.54) is 0 Å². The molecule has 4 heterocycles. The zero-order valence-electron chi connectivity index (χ0n) is 34.8. The van der Waals surface area contributed by atoms with Crippen LogP contribution in [0.2, 0.25) is 0 Å². The minimum atomic E-state index is -0.158. The first-order valence-electron chi connectivity index (χ1n) is 20.6. The number of fused-ring (bicyclic) bond motifs is 3. The topological polar surface area (TPSA) is 56.5 Å². The van der Waals surface area contributed by atoms with E-state index in [9.17, 15) is 0 Å². The van der Waals surface area contributed by atoms with E-state index in [1.807, 2.05) is 61.2 Å². The molecule has 63 heavy (non-hydrogen) atoms. The summed E-state index contributed by atoms with van der Waals surface area (Å²) in [5.41, 5.74) is 12.7. The average molecular weight is 992 g/mol. The van der Waals surface area contributed by atoms with Crippen molar-refractivity contribution in [3.63, 3.8) is 0 Å². The van der Waals surface area contributed by atoms with E-state index >= 15 is 0 Å². The fraction of sp³-hybridized carbons (Fsp3) is 0.0741. The Morgan fingerprint density at radius 2 is 0.857 bits per heavy atom. The first kappa shape index (κ1) is 43.6. The van der Waals surface area contributed by atoms with E-state index in [0.717, 1.165) is 82.7 Å². The van der Waals surface area contributed by atoms with Crippen LogP contribution in [0.5, 0.6) is 0 Å². The summed E-state index contributed by atoms with van der Waals surface area (Å²) >= 11 is 0. The molecule has 0 saturated heterocycles. The van der Waals surface area contributed by atoms with Gasteiger partial charge in [-0.25, -0.2) is 9.97 Å².